The number of sulfonamides is 1. The zero-order chi connectivity index (χ0) is 15.3. The fourth-order valence-corrected chi connectivity index (χ4v) is 2.66. The van der Waals surface area contributed by atoms with Gasteiger partial charge in [0.05, 0.1) is 18.2 Å². The summed E-state index contributed by atoms with van der Waals surface area (Å²) < 4.78 is 31.6. The Balaban J connectivity index is 2.17. The maximum absolute atomic E-state index is 12.0. The molecular formula is C15H14ClNO3S. The smallest absolute Gasteiger partial charge is 0.255 e. The Kier molecular flexibility index (Phi) is 4.88. The molecule has 0 unspecified atom stereocenters. The lowest BCUT2D eigenvalue weighted by Crippen LogP contribution is -2.09. The van der Waals surface area contributed by atoms with Gasteiger partial charge in [-0.1, -0.05) is 35.9 Å². The monoisotopic (exact) mass is 323 g/mol. The molecule has 0 aromatic heterocycles. The summed E-state index contributed by atoms with van der Waals surface area (Å²) in [4.78, 5) is 0. The predicted molar refractivity (Wildman–Crippen MR) is 86.0 cm³/mol. The van der Waals surface area contributed by atoms with E-state index in [2.05, 4.69) is 4.72 Å². The summed E-state index contributed by atoms with van der Waals surface area (Å²) in [5, 5.41) is 1.70. The summed E-state index contributed by atoms with van der Waals surface area (Å²) in [5.74, 6) is 0.459. The lowest BCUT2D eigenvalue weighted by Gasteiger charge is -2.09. The molecule has 0 bridgehead atoms. The highest BCUT2D eigenvalue weighted by Crippen LogP contribution is 2.24. The standard InChI is InChI=1S/C15H14ClNO3S/c1-20-15-5-3-2-4-14(15)17-21(18,19)11-10-12-6-8-13(16)9-7-12/h2-11,17H,1H3/b11-10+. The molecule has 0 saturated heterocycles. The van der Waals surface area contributed by atoms with Crippen LogP contribution in [0.3, 0.4) is 0 Å². The summed E-state index contributed by atoms with van der Waals surface area (Å²) in [6, 6.07) is 13.7. The van der Waals surface area contributed by atoms with E-state index in [9.17, 15) is 8.42 Å². The minimum absolute atomic E-state index is 0.390. The van der Waals surface area contributed by atoms with E-state index in [1.165, 1.54) is 13.2 Å². The van der Waals surface area contributed by atoms with E-state index >= 15 is 0 Å². The molecule has 0 aliphatic rings. The van der Waals surface area contributed by atoms with E-state index in [1.807, 2.05) is 0 Å². The van der Waals surface area contributed by atoms with E-state index in [-0.39, 0.29) is 0 Å². The quantitative estimate of drug-likeness (QED) is 0.911. The highest BCUT2D eigenvalue weighted by molar-refractivity contribution is 7.95. The number of ether oxygens (including phenoxy) is 1. The number of halogens is 1. The molecule has 2 aromatic carbocycles. The Morgan fingerprint density at radius 3 is 2.43 bits per heavy atom. The van der Waals surface area contributed by atoms with Crippen molar-refractivity contribution in [3.05, 3.63) is 64.5 Å². The van der Waals surface area contributed by atoms with Gasteiger partial charge in [-0.2, -0.15) is 0 Å². The Labute approximate surface area is 129 Å². The highest BCUT2D eigenvalue weighted by atomic mass is 35.5. The number of nitrogens with one attached hydrogen (secondary N) is 1. The van der Waals surface area contributed by atoms with Gasteiger partial charge < -0.3 is 4.74 Å². The van der Waals surface area contributed by atoms with Crippen LogP contribution in [0.5, 0.6) is 5.75 Å². The van der Waals surface area contributed by atoms with Crippen molar-refractivity contribution >= 4 is 33.4 Å². The minimum atomic E-state index is -3.62. The minimum Gasteiger partial charge on any atom is -0.495 e. The Bertz CT molecular complexity index is 740. The molecule has 0 heterocycles. The van der Waals surface area contributed by atoms with Crippen LogP contribution in [-0.2, 0) is 10.0 Å². The lowest BCUT2D eigenvalue weighted by atomic mass is 10.2. The van der Waals surface area contributed by atoms with Crippen LogP contribution in [0, 0.1) is 0 Å². The molecular weight excluding hydrogens is 310 g/mol. The van der Waals surface area contributed by atoms with Crippen LogP contribution in [0.2, 0.25) is 5.02 Å². The van der Waals surface area contributed by atoms with E-state index < -0.39 is 10.0 Å². The first kappa shape index (κ1) is 15.4. The van der Waals surface area contributed by atoms with Crippen molar-refractivity contribution in [1.82, 2.24) is 0 Å². The molecule has 2 rings (SSSR count). The third-order valence-corrected chi connectivity index (χ3v) is 3.92. The second kappa shape index (κ2) is 6.65. The summed E-state index contributed by atoms with van der Waals surface area (Å²) >= 11 is 5.77. The maximum Gasteiger partial charge on any atom is 0.255 e. The van der Waals surface area contributed by atoms with Crippen LogP contribution in [0.4, 0.5) is 5.69 Å². The van der Waals surface area contributed by atoms with E-state index in [1.54, 1.807) is 48.5 Å². The van der Waals surface area contributed by atoms with Crippen LogP contribution in [-0.4, -0.2) is 15.5 Å². The number of benzene rings is 2. The second-order valence-electron chi connectivity index (χ2n) is 4.20. The van der Waals surface area contributed by atoms with Gasteiger partial charge in [-0.3, -0.25) is 4.72 Å². The molecule has 6 heteroatoms. The number of rotatable bonds is 5. The number of para-hydroxylation sites is 2. The van der Waals surface area contributed by atoms with Gasteiger partial charge in [0.1, 0.15) is 5.75 Å². The van der Waals surface area contributed by atoms with Gasteiger partial charge >= 0.3 is 0 Å². The van der Waals surface area contributed by atoms with Crippen molar-refractivity contribution in [3.8, 4) is 5.75 Å². The van der Waals surface area contributed by atoms with Crippen LogP contribution >= 0.6 is 11.6 Å². The molecule has 110 valence electrons. The van der Waals surface area contributed by atoms with Gasteiger partial charge in [-0.15, -0.1) is 0 Å². The molecule has 21 heavy (non-hydrogen) atoms. The molecule has 2 aromatic rings. The number of hydrogen-bond acceptors (Lipinski definition) is 3. The van der Waals surface area contributed by atoms with Crippen LogP contribution in [0.15, 0.2) is 53.9 Å². The molecule has 0 radical (unpaired) electrons. The predicted octanol–water partition coefficient (Wildman–Crippen LogP) is 3.76. The zero-order valence-corrected chi connectivity index (χ0v) is 12.9. The van der Waals surface area contributed by atoms with Crippen LogP contribution < -0.4 is 9.46 Å². The average Bonchev–Trinajstić information content (AvgIpc) is 2.47. The molecule has 4 nitrogen and oxygen atoms in total. The second-order valence-corrected chi connectivity index (χ2v) is 6.20. The fraction of sp³-hybridized carbons (Fsp3) is 0.0667. The Morgan fingerprint density at radius 1 is 1.10 bits per heavy atom. The van der Waals surface area contributed by atoms with Crippen LogP contribution in [0.1, 0.15) is 5.56 Å². The van der Waals surface area contributed by atoms with Gasteiger partial charge in [-0.25, -0.2) is 8.42 Å². The molecule has 0 fully saturated rings. The normalized spacial score (nSPS) is 11.5. The topological polar surface area (TPSA) is 55.4 Å². The number of methoxy groups -OCH3 is 1. The molecule has 0 spiro atoms. The lowest BCUT2D eigenvalue weighted by molar-refractivity contribution is 0.417. The molecule has 0 saturated carbocycles. The van der Waals surface area contributed by atoms with Gasteiger partial charge in [0.2, 0.25) is 0 Å². The van der Waals surface area contributed by atoms with Crippen molar-refractivity contribution < 1.29 is 13.2 Å². The third-order valence-electron chi connectivity index (χ3n) is 2.67. The first-order valence-corrected chi connectivity index (χ1v) is 8.02. The molecule has 0 aliphatic heterocycles. The SMILES string of the molecule is COc1ccccc1NS(=O)(=O)/C=C/c1ccc(Cl)cc1. The molecule has 0 aliphatic carbocycles. The first-order chi connectivity index (χ1) is 10.00. The van der Waals surface area contributed by atoms with Crippen molar-refractivity contribution in [2.24, 2.45) is 0 Å². The van der Waals surface area contributed by atoms with Crippen molar-refractivity contribution in [1.29, 1.82) is 0 Å². The number of anilines is 1. The van der Waals surface area contributed by atoms with E-state index in [4.69, 9.17) is 16.3 Å². The first-order valence-electron chi connectivity index (χ1n) is 6.10. The van der Waals surface area contributed by atoms with Crippen molar-refractivity contribution in [2.45, 2.75) is 0 Å². The maximum atomic E-state index is 12.0. The van der Waals surface area contributed by atoms with Gasteiger partial charge in [0.15, 0.2) is 0 Å². The fourth-order valence-electron chi connectivity index (χ4n) is 1.66. The van der Waals surface area contributed by atoms with Crippen molar-refractivity contribution in [3.63, 3.8) is 0 Å². The van der Waals surface area contributed by atoms with Gasteiger partial charge in [0, 0.05) is 5.02 Å². The Hall–Kier alpha value is -1.98. The summed E-state index contributed by atoms with van der Waals surface area (Å²) in [6.45, 7) is 0. The Morgan fingerprint density at radius 2 is 1.76 bits per heavy atom. The molecule has 0 atom stereocenters. The summed E-state index contributed by atoms with van der Waals surface area (Å²) in [6.07, 6.45) is 1.49. The summed E-state index contributed by atoms with van der Waals surface area (Å²) in [5.41, 5.74) is 1.13. The zero-order valence-electron chi connectivity index (χ0n) is 11.3. The van der Waals surface area contributed by atoms with E-state index in [0.717, 1.165) is 11.0 Å². The highest BCUT2D eigenvalue weighted by Gasteiger charge is 2.09. The van der Waals surface area contributed by atoms with Gasteiger partial charge in [0.25, 0.3) is 10.0 Å². The average molecular weight is 324 g/mol. The van der Waals surface area contributed by atoms with E-state index in [0.29, 0.717) is 16.5 Å². The van der Waals surface area contributed by atoms with Gasteiger partial charge in [-0.05, 0) is 35.9 Å². The molecule has 1 N–H and O–H groups in total. The third kappa shape index (κ3) is 4.51. The summed E-state index contributed by atoms with van der Waals surface area (Å²) in [7, 11) is -2.14. The van der Waals surface area contributed by atoms with Crippen LogP contribution in [0.25, 0.3) is 6.08 Å². The largest absolute Gasteiger partial charge is 0.495 e. The molecule has 0 amide bonds. The van der Waals surface area contributed by atoms with Crippen molar-refractivity contribution in [2.75, 3.05) is 11.8 Å². The number of hydrogen-bond donors (Lipinski definition) is 1.